The number of phenolic OH excluding ortho intramolecular Hbond substituents is 1. The molecule has 5 nitrogen and oxygen atoms in total. The number of hydrogen-bond acceptors (Lipinski definition) is 5. The third kappa shape index (κ3) is 4.87. The topological polar surface area (TPSA) is 56.7 Å². The van der Waals surface area contributed by atoms with Crippen LogP contribution in [-0.2, 0) is 0 Å². The molecule has 0 amide bonds. The molecule has 1 saturated carbocycles. The second-order valence-corrected chi connectivity index (χ2v) is 10.2. The normalized spacial score (nSPS) is 16.9. The molecule has 7 heteroatoms. The highest BCUT2D eigenvalue weighted by molar-refractivity contribution is 6.10. The van der Waals surface area contributed by atoms with Crippen LogP contribution < -0.4 is 4.90 Å². The largest absolute Gasteiger partial charge is 0.503 e. The number of Topliss-reactive ketones (excluding diaryl/α,β-unsaturated/α-hetero) is 1. The van der Waals surface area contributed by atoms with Crippen LogP contribution in [0.5, 0.6) is 5.75 Å². The Morgan fingerprint density at radius 2 is 1.74 bits per heavy atom. The lowest BCUT2D eigenvalue weighted by Crippen LogP contribution is -2.35. The van der Waals surface area contributed by atoms with E-state index in [2.05, 4.69) is 28.9 Å². The standard InChI is InChI=1S/C28H31F2N3O2/c1-32(2)10-7-17-8-11-33(12-9-17)26-21-13-19(20-14-23(29)28(35)24(30)15-20)5-6-25(21)31-16-22(26)27(34)18-3-4-18/h5-6,13-18,35H,3-4,7-12H2,1-2H3. The molecular weight excluding hydrogens is 448 g/mol. The molecule has 2 aromatic carbocycles. The maximum atomic E-state index is 14.1. The summed E-state index contributed by atoms with van der Waals surface area (Å²) in [6.07, 6.45) is 6.81. The van der Waals surface area contributed by atoms with Crippen molar-refractivity contribution in [2.75, 3.05) is 38.6 Å². The van der Waals surface area contributed by atoms with Crippen LogP contribution in [0.4, 0.5) is 14.5 Å². The third-order valence-corrected chi connectivity index (χ3v) is 7.32. The summed E-state index contributed by atoms with van der Waals surface area (Å²) in [7, 11) is 4.19. The Kier molecular flexibility index (Phi) is 6.45. The highest BCUT2D eigenvalue weighted by Gasteiger charge is 2.34. The molecule has 2 aliphatic rings. The molecule has 3 aromatic rings. The van der Waals surface area contributed by atoms with Gasteiger partial charge in [-0.2, -0.15) is 0 Å². The van der Waals surface area contributed by atoms with Crippen molar-refractivity contribution in [2.24, 2.45) is 11.8 Å². The number of halogens is 2. The van der Waals surface area contributed by atoms with Crippen molar-refractivity contribution in [2.45, 2.75) is 32.1 Å². The van der Waals surface area contributed by atoms with E-state index >= 15 is 0 Å². The van der Waals surface area contributed by atoms with Crippen LogP contribution >= 0.6 is 0 Å². The smallest absolute Gasteiger partial charge is 0.187 e. The average molecular weight is 480 g/mol. The van der Waals surface area contributed by atoms with E-state index in [1.165, 1.54) is 0 Å². The zero-order chi connectivity index (χ0) is 24.7. The van der Waals surface area contributed by atoms with Crippen molar-refractivity contribution in [3.63, 3.8) is 0 Å². The number of pyridine rings is 1. The van der Waals surface area contributed by atoms with Gasteiger partial charge in [0.2, 0.25) is 0 Å². The van der Waals surface area contributed by atoms with Gasteiger partial charge in [-0.1, -0.05) is 6.07 Å². The highest BCUT2D eigenvalue weighted by Crippen LogP contribution is 2.40. The molecule has 1 N–H and O–H groups in total. The molecule has 1 aliphatic carbocycles. The van der Waals surface area contributed by atoms with Gasteiger partial charge in [0.25, 0.3) is 0 Å². The number of benzene rings is 2. The van der Waals surface area contributed by atoms with Crippen molar-refractivity contribution in [3.8, 4) is 16.9 Å². The molecule has 0 bridgehead atoms. The minimum Gasteiger partial charge on any atom is -0.503 e. The molecule has 1 saturated heterocycles. The van der Waals surface area contributed by atoms with Crippen molar-refractivity contribution >= 4 is 22.4 Å². The summed E-state index contributed by atoms with van der Waals surface area (Å²) in [4.78, 5) is 22.3. The van der Waals surface area contributed by atoms with Gasteiger partial charge >= 0.3 is 0 Å². The van der Waals surface area contributed by atoms with E-state index in [9.17, 15) is 18.7 Å². The zero-order valence-corrected chi connectivity index (χ0v) is 20.2. The molecule has 184 valence electrons. The van der Waals surface area contributed by atoms with Crippen molar-refractivity contribution < 1.29 is 18.7 Å². The van der Waals surface area contributed by atoms with Gasteiger partial charge in [0.05, 0.1) is 16.8 Å². The molecule has 2 fully saturated rings. The van der Waals surface area contributed by atoms with E-state index in [0.717, 1.165) is 80.5 Å². The third-order valence-electron chi connectivity index (χ3n) is 7.32. The van der Waals surface area contributed by atoms with Crippen LogP contribution in [0.25, 0.3) is 22.0 Å². The van der Waals surface area contributed by atoms with E-state index in [1.54, 1.807) is 12.3 Å². The predicted molar refractivity (Wildman–Crippen MR) is 134 cm³/mol. The molecule has 1 aliphatic heterocycles. The monoisotopic (exact) mass is 479 g/mol. The van der Waals surface area contributed by atoms with Gasteiger partial charge in [0.1, 0.15) is 0 Å². The number of carbonyl (C=O) groups is 1. The lowest BCUT2D eigenvalue weighted by Gasteiger charge is -2.35. The lowest BCUT2D eigenvalue weighted by molar-refractivity contribution is 0.0968. The number of anilines is 1. The van der Waals surface area contributed by atoms with Crippen LogP contribution in [0.2, 0.25) is 0 Å². The van der Waals surface area contributed by atoms with Gasteiger partial charge in [-0.05, 0) is 94.1 Å². The number of carbonyl (C=O) groups excluding carboxylic acids is 1. The fourth-order valence-electron chi connectivity index (χ4n) is 5.06. The summed E-state index contributed by atoms with van der Waals surface area (Å²) in [5.74, 6) is -2.13. The number of aromatic hydroxyl groups is 1. The van der Waals surface area contributed by atoms with Crippen LogP contribution in [-0.4, -0.2) is 54.5 Å². The molecular formula is C28H31F2N3O2. The minimum atomic E-state index is -1.00. The summed E-state index contributed by atoms with van der Waals surface area (Å²) < 4.78 is 28.1. The van der Waals surface area contributed by atoms with E-state index in [1.807, 2.05) is 12.1 Å². The summed E-state index contributed by atoms with van der Waals surface area (Å²) >= 11 is 0. The fourth-order valence-corrected chi connectivity index (χ4v) is 5.06. The SMILES string of the molecule is CN(C)CCC1CCN(c2c(C(=O)C3CC3)cnc3ccc(-c4cc(F)c(O)c(F)c4)cc23)CC1. The number of nitrogens with zero attached hydrogens (tertiary/aromatic N) is 3. The van der Waals surface area contributed by atoms with Crippen molar-refractivity contribution in [1.82, 2.24) is 9.88 Å². The first-order chi connectivity index (χ1) is 16.8. The summed E-state index contributed by atoms with van der Waals surface area (Å²) in [5.41, 5.74) is 3.21. The number of fused-ring (bicyclic) bond motifs is 1. The average Bonchev–Trinajstić information content (AvgIpc) is 3.70. The van der Waals surface area contributed by atoms with Crippen LogP contribution in [0.1, 0.15) is 42.5 Å². The minimum absolute atomic E-state index is 0.0640. The fraction of sp³-hybridized carbons (Fsp3) is 0.429. The molecule has 35 heavy (non-hydrogen) atoms. The Balaban J connectivity index is 1.55. The van der Waals surface area contributed by atoms with Gasteiger partial charge in [0, 0.05) is 30.6 Å². The molecule has 0 spiro atoms. The second kappa shape index (κ2) is 9.53. The Labute approximate surface area is 204 Å². The molecule has 2 heterocycles. The Morgan fingerprint density at radius 3 is 2.37 bits per heavy atom. The molecule has 0 radical (unpaired) electrons. The van der Waals surface area contributed by atoms with Gasteiger partial charge in [0.15, 0.2) is 23.2 Å². The van der Waals surface area contributed by atoms with Crippen molar-refractivity contribution in [1.29, 1.82) is 0 Å². The maximum Gasteiger partial charge on any atom is 0.187 e. The summed E-state index contributed by atoms with van der Waals surface area (Å²) in [6, 6.07) is 7.71. The number of ketones is 1. The van der Waals surface area contributed by atoms with E-state index in [4.69, 9.17) is 0 Å². The molecule has 5 rings (SSSR count). The van der Waals surface area contributed by atoms with Gasteiger partial charge in [-0.25, -0.2) is 8.78 Å². The predicted octanol–water partition coefficient (Wildman–Crippen LogP) is 5.65. The van der Waals surface area contributed by atoms with Crippen LogP contribution in [0.15, 0.2) is 36.5 Å². The van der Waals surface area contributed by atoms with Gasteiger partial charge < -0.3 is 14.9 Å². The van der Waals surface area contributed by atoms with E-state index in [0.29, 0.717) is 22.6 Å². The second-order valence-electron chi connectivity index (χ2n) is 10.2. The number of rotatable bonds is 7. The first-order valence-corrected chi connectivity index (χ1v) is 12.4. The first-order valence-electron chi connectivity index (χ1n) is 12.4. The molecule has 1 aromatic heterocycles. The van der Waals surface area contributed by atoms with E-state index < -0.39 is 17.4 Å². The Morgan fingerprint density at radius 1 is 1.06 bits per heavy atom. The first kappa shape index (κ1) is 23.7. The van der Waals surface area contributed by atoms with Crippen molar-refractivity contribution in [3.05, 3.63) is 53.7 Å². The lowest BCUT2D eigenvalue weighted by atomic mass is 9.91. The van der Waals surface area contributed by atoms with Gasteiger partial charge in [-0.3, -0.25) is 9.78 Å². The number of hydrogen-bond donors (Lipinski definition) is 1. The zero-order valence-electron chi connectivity index (χ0n) is 20.2. The van der Waals surface area contributed by atoms with Crippen LogP contribution in [0, 0.1) is 23.5 Å². The summed E-state index contributed by atoms with van der Waals surface area (Å²) in [5, 5.41) is 10.3. The summed E-state index contributed by atoms with van der Waals surface area (Å²) in [6.45, 7) is 2.78. The highest BCUT2D eigenvalue weighted by atomic mass is 19.1. The Bertz CT molecular complexity index is 1240. The van der Waals surface area contributed by atoms with Crippen LogP contribution in [0.3, 0.4) is 0 Å². The van der Waals surface area contributed by atoms with E-state index in [-0.39, 0.29) is 11.7 Å². The number of phenols is 1. The Hall–Kier alpha value is -3.06. The number of piperidine rings is 1. The number of aromatic nitrogens is 1. The van der Waals surface area contributed by atoms with Gasteiger partial charge in [-0.15, -0.1) is 0 Å². The molecule has 0 atom stereocenters. The molecule has 0 unspecified atom stereocenters. The quantitative estimate of drug-likeness (QED) is 0.444. The maximum absolute atomic E-state index is 14.1.